The van der Waals surface area contributed by atoms with Crippen LogP contribution in [0.15, 0.2) is 24.3 Å². The van der Waals surface area contributed by atoms with Crippen molar-refractivity contribution in [3.63, 3.8) is 0 Å². The molecule has 1 fully saturated rings. The minimum absolute atomic E-state index is 0.0491. The van der Waals surface area contributed by atoms with Gasteiger partial charge in [-0.2, -0.15) is 0 Å². The number of piperidine rings is 1. The predicted molar refractivity (Wildman–Crippen MR) is 94.1 cm³/mol. The molecule has 0 radical (unpaired) electrons. The smallest absolute Gasteiger partial charge is 0.260 e. The number of amides is 1. The van der Waals surface area contributed by atoms with Crippen molar-refractivity contribution < 1.29 is 9.53 Å². The highest BCUT2D eigenvalue weighted by molar-refractivity contribution is 6.30. The molecule has 0 unspecified atom stereocenters. The summed E-state index contributed by atoms with van der Waals surface area (Å²) in [6.45, 7) is 7.30. The van der Waals surface area contributed by atoms with E-state index in [0.29, 0.717) is 10.8 Å². The van der Waals surface area contributed by atoms with Gasteiger partial charge in [-0.15, -0.1) is 0 Å². The second-order valence-electron chi connectivity index (χ2n) is 6.19. The summed E-state index contributed by atoms with van der Waals surface area (Å²) >= 11 is 5.84. The SMILES string of the molecule is CCCCN1CCC(NC(=O)[C@@H](C)Oc2ccc(Cl)cc2)CC1. The number of hydrogen-bond acceptors (Lipinski definition) is 3. The lowest BCUT2D eigenvalue weighted by molar-refractivity contribution is -0.128. The maximum atomic E-state index is 12.3. The summed E-state index contributed by atoms with van der Waals surface area (Å²) in [5.74, 6) is 0.610. The maximum absolute atomic E-state index is 12.3. The molecule has 0 bridgehead atoms. The number of carbonyl (C=O) groups excluding carboxylic acids is 1. The van der Waals surface area contributed by atoms with Gasteiger partial charge in [0.2, 0.25) is 0 Å². The fourth-order valence-corrected chi connectivity index (χ4v) is 2.90. The largest absolute Gasteiger partial charge is 0.481 e. The molecule has 0 spiro atoms. The maximum Gasteiger partial charge on any atom is 0.260 e. The Morgan fingerprint density at radius 3 is 2.61 bits per heavy atom. The third kappa shape index (κ3) is 6.04. The standard InChI is InChI=1S/C18H27ClN2O2/c1-3-4-11-21-12-9-16(10-13-21)20-18(22)14(2)23-17-7-5-15(19)6-8-17/h5-8,14,16H,3-4,9-13H2,1-2H3,(H,20,22)/t14-/m1/s1. The first-order valence-electron chi connectivity index (χ1n) is 8.53. The van der Waals surface area contributed by atoms with Gasteiger partial charge in [0.1, 0.15) is 5.75 Å². The highest BCUT2D eigenvalue weighted by Crippen LogP contribution is 2.17. The van der Waals surface area contributed by atoms with Crippen LogP contribution >= 0.6 is 11.6 Å². The van der Waals surface area contributed by atoms with Gasteiger partial charge in [0.15, 0.2) is 6.10 Å². The number of ether oxygens (including phenoxy) is 1. The number of likely N-dealkylation sites (tertiary alicyclic amines) is 1. The summed E-state index contributed by atoms with van der Waals surface area (Å²) in [6, 6.07) is 7.33. The van der Waals surface area contributed by atoms with Crippen molar-refractivity contribution in [2.24, 2.45) is 0 Å². The zero-order valence-electron chi connectivity index (χ0n) is 14.1. The summed E-state index contributed by atoms with van der Waals surface area (Å²) in [5, 5.41) is 3.77. The summed E-state index contributed by atoms with van der Waals surface area (Å²) in [7, 11) is 0. The highest BCUT2D eigenvalue weighted by Gasteiger charge is 2.23. The molecule has 1 aromatic rings. The molecule has 1 aliphatic rings. The molecule has 5 heteroatoms. The third-order valence-corrected chi connectivity index (χ3v) is 4.51. The molecule has 1 N–H and O–H groups in total. The van der Waals surface area contributed by atoms with Crippen LogP contribution in [-0.4, -0.2) is 42.6 Å². The van der Waals surface area contributed by atoms with Gasteiger partial charge in [-0.1, -0.05) is 24.9 Å². The quantitative estimate of drug-likeness (QED) is 0.827. The van der Waals surface area contributed by atoms with Gasteiger partial charge in [0.05, 0.1) is 0 Å². The van der Waals surface area contributed by atoms with Gasteiger partial charge in [-0.05, 0) is 57.0 Å². The average molecular weight is 339 g/mol. The van der Waals surface area contributed by atoms with Gasteiger partial charge in [-0.3, -0.25) is 4.79 Å². The molecule has 1 aliphatic heterocycles. The molecule has 1 saturated heterocycles. The van der Waals surface area contributed by atoms with Crippen LogP contribution in [0.3, 0.4) is 0 Å². The second kappa shape index (κ2) is 9.14. The van der Waals surface area contributed by atoms with Crippen molar-refractivity contribution in [3.05, 3.63) is 29.3 Å². The van der Waals surface area contributed by atoms with E-state index in [1.54, 1.807) is 31.2 Å². The monoisotopic (exact) mass is 338 g/mol. The lowest BCUT2D eigenvalue weighted by Gasteiger charge is -2.32. The number of benzene rings is 1. The number of rotatable bonds is 7. The van der Waals surface area contributed by atoms with E-state index in [2.05, 4.69) is 17.1 Å². The van der Waals surface area contributed by atoms with E-state index in [1.807, 2.05) is 0 Å². The zero-order valence-corrected chi connectivity index (χ0v) is 14.8. The Hall–Kier alpha value is -1.26. The summed E-state index contributed by atoms with van der Waals surface area (Å²) < 4.78 is 5.67. The topological polar surface area (TPSA) is 41.6 Å². The third-order valence-electron chi connectivity index (χ3n) is 4.26. The van der Waals surface area contributed by atoms with Gasteiger partial charge in [0, 0.05) is 24.2 Å². The van der Waals surface area contributed by atoms with E-state index >= 15 is 0 Å². The fraction of sp³-hybridized carbons (Fsp3) is 0.611. The van der Waals surface area contributed by atoms with Crippen molar-refractivity contribution >= 4 is 17.5 Å². The van der Waals surface area contributed by atoms with Crippen LogP contribution in [0, 0.1) is 0 Å². The molecule has 128 valence electrons. The van der Waals surface area contributed by atoms with Crippen LogP contribution in [0.1, 0.15) is 39.5 Å². The zero-order chi connectivity index (χ0) is 16.7. The minimum Gasteiger partial charge on any atom is -0.481 e. The van der Waals surface area contributed by atoms with E-state index in [9.17, 15) is 4.79 Å². The summed E-state index contributed by atoms with van der Waals surface area (Å²) in [5.41, 5.74) is 0. The Labute approximate surface area is 144 Å². The van der Waals surface area contributed by atoms with Gasteiger partial charge in [-0.25, -0.2) is 0 Å². The molecule has 2 rings (SSSR count). The Bertz CT molecular complexity index is 484. The molecular weight excluding hydrogens is 312 g/mol. The number of nitrogens with one attached hydrogen (secondary N) is 1. The Kier molecular flexibility index (Phi) is 7.18. The number of halogens is 1. The van der Waals surface area contributed by atoms with E-state index in [-0.39, 0.29) is 11.9 Å². The van der Waals surface area contributed by atoms with Gasteiger partial charge >= 0.3 is 0 Å². The van der Waals surface area contributed by atoms with Gasteiger partial charge in [0.25, 0.3) is 5.91 Å². The van der Waals surface area contributed by atoms with E-state index < -0.39 is 6.10 Å². The minimum atomic E-state index is -0.505. The van der Waals surface area contributed by atoms with Crippen molar-refractivity contribution in [2.75, 3.05) is 19.6 Å². The first-order chi connectivity index (χ1) is 11.1. The van der Waals surface area contributed by atoms with Crippen LogP contribution in [0.25, 0.3) is 0 Å². The van der Waals surface area contributed by atoms with Crippen LogP contribution in [0.2, 0.25) is 5.02 Å². The number of carbonyl (C=O) groups is 1. The molecule has 4 nitrogen and oxygen atoms in total. The first-order valence-corrected chi connectivity index (χ1v) is 8.91. The Balaban J connectivity index is 1.73. The molecule has 1 atom stereocenters. The Morgan fingerprint density at radius 2 is 2.00 bits per heavy atom. The summed E-state index contributed by atoms with van der Waals surface area (Å²) in [4.78, 5) is 14.7. The molecule has 0 saturated carbocycles. The molecule has 23 heavy (non-hydrogen) atoms. The molecule has 1 amide bonds. The van der Waals surface area contributed by atoms with E-state index in [0.717, 1.165) is 25.9 Å². The van der Waals surface area contributed by atoms with Crippen LogP contribution in [0.5, 0.6) is 5.75 Å². The Morgan fingerprint density at radius 1 is 1.35 bits per heavy atom. The van der Waals surface area contributed by atoms with Crippen molar-refractivity contribution in [2.45, 2.75) is 51.7 Å². The second-order valence-corrected chi connectivity index (χ2v) is 6.63. The van der Waals surface area contributed by atoms with Crippen LogP contribution < -0.4 is 10.1 Å². The fourth-order valence-electron chi connectivity index (χ4n) is 2.77. The molecule has 1 aromatic carbocycles. The van der Waals surface area contributed by atoms with E-state index in [1.165, 1.54) is 19.4 Å². The van der Waals surface area contributed by atoms with Crippen LogP contribution in [0.4, 0.5) is 0 Å². The number of unbranched alkanes of at least 4 members (excludes halogenated alkanes) is 1. The number of nitrogens with zero attached hydrogens (tertiary/aromatic N) is 1. The van der Waals surface area contributed by atoms with Crippen LogP contribution in [-0.2, 0) is 4.79 Å². The van der Waals surface area contributed by atoms with Crippen molar-refractivity contribution in [3.8, 4) is 5.75 Å². The summed E-state index contributed by atoms with van der Waals surface area (Å²) in [6.07, 6.45) is 4.01. The molecule has 0 aliphatic carbocycles. The van der Waals surface area contributed by atoms with Gasteiger partial charge < -0.3 is 15.0 Å². The first kappa shape index (κ1) is 18.1. The number of hydrogen-bond donors (Lipinski definition) is 1. The molecule has 0 aromatic heterocycles. The van der Waals surface area contributed by atoms with E-state index in [4.69, 9.17) is 16.3 Å². The van der Waals surface area contributed by atoms with Crippen molar-refractivity contribution in [1.82, 2.24) is 10.2 Å². The molecular formula is C18H27ClN2O2. The average Bonchev–Trinajstić information content (AvgIpc) is 2.56. The lowest BCUT2D eigenvalue weighted by Crippen LogP contribution is -2.48. The molecule has 1 heterocycles. The predicted octanol–water partition coefficient (Wildman–Crippen LogP) is 3.49. The van der Waals surface area contributed by atoms with Crippen molar-refractivity contribution in [1.29, 1.82) is 0 Å². The normalized spacial score (nSPS) is 17.7. The highest BCUT2D eigenvalue weighted by atomic mass is 35.5. The lowest BCUT2D eigenvalue weighted by atomic mass is 10.0.